The van der Waals surface area contributed by atoms with Crippen molar-refractivity contribution in [1.29, 1.82) is 0 Å². The molecule has 0 aliphatic carbocycles. The molecule has 0 aromatic carbocycles. The number of hydrogen-bond acceptors (Lipinski definition) is 3. The number of carbonyl (C=O) groups is 1. The molecule has 0 aromatic heterocycles. The number of rotatable bonds is 4. The highest BCUT2D eigenvalue weighted by atomic mass is 127. The van der Waals surface area contributed by atoms with E-state index in [0.29, 0.717) is 12.2 Å². The first-order valence-corrected chi connectivity index (χ1v) is 4.22. The molecule has 12 heavy (non-hydrogen) atoms. The number of methoxy groups -OCH3 is 1. The van der Waals surface area contributed by atoms with Crippen LogP contribution in [0.3, 0.4) is 0 Å². The van der Waals surface area contributed by atoms with Gasteiger partial charge in [-0.15, -0.1) is 0 Å². The van der Waals surface area contributed by atoms with Crippen molar-refractivity contribution >= 4 is 28.6 Å². The van der Waals surface area contributed by atoms with Crippen molar-refractivity contribution in [3.05, 3.63) is 12.2 Å². The molecular formula is C8H9IO3. The summed E-state index contributed by atoms with van der Waals surface area (Å²) >= 11 is 1.91. The Morgan fingerprint density at radius 1 is 1.67 bits per heavy atom. The molecule has 0 saturated heterocycles. The summed E-state index contributed by atoms with van der Waals surface area (Å²) in [6.07, 6.45) is 0. The summed E-state index contributed by atoms with van der Waals surface area (Å²) in [4.78, 5) is 10.7. The van der Waals surface area contributed by atoms with Crippen LogP contribution in [0.4, 0.5) is 0 Å². The molecule has 0 saturated carbocycles. The van der Waals surface area contributed by atoms with E-state index in [0.717, 1.165) is 0 Å². The zero-order valence-electron chi connectivity index (χ0n) is 6.72. The van der Waals surface area contributed by atoms with Crippen molar-refractivity contribution in [3.8, 4) is 9.85 Å². The van der Waals surface area contributed by atoms with Crippen LogP contribution in [0.25, 0.3) is 0 Å². The zero-order valence-corrected chi connectivity index (χ0v) is 8.88. The Hall–Kier alpha value is -0.540. The molecule has 0 fully saturated rings. The molecule has 0 atom stereocenters. The van der Waals surface area contributed by atoms with Gasteiger partial charge in [0, 0.05) is 22.6 Å². The fraction of sp³-hybridized carbons (Fsp3) is 0.375. The normalized spacial score (nSPS) is 8.17. The lowest BCUT2D eigenvalue weighted by atomic mass is 10.3. The van der Waals surface area contributed by atoms with Crippen LogP contribution >= 0.6 is 22.6 Å². The van der Waals surface area contributed by atoms with Gasteiger partial charge in [-0.05, 0) is 3.93 Å². The van der Waals surface area contributed by atoms with Gasteiger partial charge in [-0.1, -0.05) is 12.5 Å². The molecule has 0 aliphatic rings. The number of hydrogen-bond donors (Lipinski definition) is 0. The third-order valence-corrected chi connectivity index (χ3v) is 1.37. The maximum absolute atomic E-state index is 10.7. The lowest BCUT2D eigenvalue weighted by Crippen LogP contribution is -2.09. The summed E-state index contributed by atoms with van der Waals surface area (Å²) in [5.74, 6) is 2.23. The summed E-state index contributed by atoms with van der Waals surface area (Å²) in [7, 11) is 1.30. The topological polar surface area (TPSA) is 35.5 Å². The average Bonchev–Trinajstić information content (AvgIpc) is 2.10. The fourth-order valence-corrected chi connectivity index (χ4v) is 0.612. The maximum atomic E-state index is 10.7. The summed E-state index contributed by atoms with van der Waals surface area (Å²) in [5, 5.41) is 0. The van der Waals surface area contributed by atoms with E-state index in [1.807, 2.05) is 22.6 Å². The Bertz CT molecular complexity index is 224. The molecule has 0 rings (SSSR count). The van der Waals surface area contributed by atoms with Gasteiger partial charge in [-0.2, -0.15) is 0 Å². The average molecular weight is 280 g/mol. The standard InChI is InChI=1S/C8H9IO3/c1-7(8(10)11-2)6-12-5-3-4-9/h1,5-6H2,2H3. The van der Waals surface area contributed by atoms with Gasteiger partial charge in [0.05, 0.1) is 19.3 Å². The molecule has 3 nitrogen and oxygen atoms in total. The van der Waals surface area contributed by atoms with Crippen LogP contribution in [0.1, 0.15) is 0 Å². The third kappa shape index (κ3) is 5.16. The Labute approximate surface area is 85.3 Å². The largest absolute Gasteiger partial charge is 0.466 e. The Morgan fingerprint density at radius 2 is 2.33 bits per heavy atom. The molecule has 0 spiro atoms. The highest BCUT2D eigenvalue weighted by Gasteiger charge is 2.04. The number of halogens is 1. The van der Waals surface area contributed by atoms with Crippen LogP contribution in [0.15, 0.2) is 12.2 Å². The monoisotopic (exact) mass is 280 g/mol. The van der Waals surface area contributed by atoms with Gasteiger partial charge in [0.15, 0.2) is 0 Å². The van der Waals surface area contributed by atoms with Gasteiger partial charge >= 0.3 is 5.97 Å². The second-order valence-corrected chi connectivity index (χ2v) is 2.40. The number of esters is 1. The van der Waals surface area contributed by atoms with E-state index in [2.05, 4.69) is 21.2 Å². The van der Waals surface area contributed by atoms with Crippen LogP contribution in [0, 0.1) is 9.85 Å². The van der Waals surface area contributed by atoms with Crippen LogP contribution in [0.5, 0.6) is 0 Å². The second kappa shape index (κ2) is 7.13. The number of carbonyl (C=O) groups excluding carboxylic acids is 1. The predicted octanol–water partition coefficient (Wildman–Crippen LogP) is 1.13. The highest BCUT2D eigenvalue weighted by molar-refractivity contribution is 14.1. The van der Waals surface area contributed by atoms with Gasteiger partial charge in [0.1, 0.15) is 6.61 Å². The Balaban J connectivity index is 3.55. The lowest BCUT2D eigenvalue weighted by Gasteiger charge is -2.01. The lowest BCUT2D eigenvalue weighted by molar-refractivity contribution is -0.136. The van der Waals surface area contributed by atoms with E-state index in [4.69, 9.17) is 4.74 Å². The minimum absolute atomic E-state index is 0.165. The van der Waals surface area contributed by atoms with Crippen LogP contribution < -0.4 is 0 Å². The third-order valence-electron chi connectivity index (χ3n) is 0.991. The van der Waals surface area contributed by atoms with Crippen LogP contribution in [0.2, 0.25) is 0 Å². The quantitative estimate of drug-likeness (QED) is 0.254. The Morgan fingerprint density at radius 3 is 2.83 bits per heavy atom. The first-order chi connectivity index (χ1) is 5.72. The van der Waals surface area contributed by atoms with Crippen molar-refractivity contribution in [2.75, 3.05) is 20.3 Å². The molecule has 0 bridgehead atoms. The molecule has 0 aliphatic heterocycles. The molecule has 0 amide bonds. The van der Waals surface area contributed by atoms with E-state index in [9.17, 15) is 4.79 Å². The van der Waals surface area contributed by atoms with Gasteiger partial charge in [0.2, 0.25) is 0 Å². The van der Waals surface area contributed by atoms with Gasteiger partial charge in [0.25, 0.3) is 0 Å². The molecule has 0 aromatic rings. The van der Waals surface area contributed by atoms with Crippen LogP contribution in [-0.2, 0) is 14.3 Å². The molecule has 4 heteroatoms. The summed E-state index contributed by atoms with van der Waals surface area (Å²) in [5.41, 5.74) is 0.299. The van der Waals surface area contributed by atoms with Crippen molar-refractivity contribution < 1.29 is 14.3 Å². The second-order valence-electron chi connectivity index (χ2n) is 1.86. The van der Waals surface area contributed by atoms with E-state index >= 15 is 0 Å². The first-order valence-electron chi connectivity index (χ1n) is 3.14. The molecule has 0 radical (unpaired) electrons. The molecular weight excluding hydrogens is 271 g/mol. The number of ether oxygens (including phenoxy) is 2. The highest BCUT2D eigenvalue weighted by Crippen LogP contribution is 1.93. The van der Waals surface area contributed by atoms with Crippen molar-refractivity contribution in [1.82, 2.24) is 0 Å². The SMILES string of the molecule is C=C(COCC#CI)C(=O)OC. The van der Waals surface area contributed by atoms with Crippen molar-refractivity contribution in [2.24, 2.45) is 0 Å². The molecule has 0 N–H and O–H groups in total. The molecule has 66 valence electrons. The van der Waals surface area contributed by atoms with E-state index in [1.54, 1.807) is 0 Å². The molecule has 0 heterocycles. The van der Waals surface area contributed by atoms with E-state index in [1.165, 1.54) is 7.11 Å². The minimum Gasteiger partial charge on any atom is -0.466 e. The Kier molecular flexibility index (Phi) is 6.81. The first kappa shape index (κ1) is 11.5. The van der Waals surface area contributed by atoms with Crippen molar-refractivity contribution in [3.63, 3.8) is 0 Å². The van der Waals surface area contributed by atoms with Crippen LogP contribution in [-0.4, -0.2) is 26.3 Å². The minimum atomic E-state index is -0.447. The van der Waals surface area contributed by atoms with E-state index < -0.39 is 5.97 Å². The zero-order chi connectivity index (χ0) is 9.40. The van der Waals surface area contributed by atoms with Crippen molar-refractivity contribution in [2.45, 2.75) is 0 Å². The maximum Gasteiger partial charge on any atom is 0.335 e. The van der Waals surface area contributed by atoms with Gasteiger partial charge in [-0.3, -0.25) is 0 Å². The smallest absolute Gasteiger partial charge is 0.335 e. The fourth-order valence-electron chi connectivity index (χ4n) is 0.456. The van der Waals surface area contributed by atoms with E-state index in [-0.39, 0.29) is 6.61 Å². The van der Waals surface area contributed by atoms with Gasteiger partial charge in [-0.25, -0.2) is 4.79 Å². The molecule has 0 unspecified atom stereocenters. The van der Waals surface area contributed by atoms with Gasteiger partial charge < -0.3 is 9.47 Å². The summed E-state index contributed by atoms with van der Waals surface area (Å²) in [6, 6.07) is 0. The summed E-state index contributed by atoms with van der Waals surface area (Å²) < 4.78 is 12.0. The predicted molar refractivity (Wildman–Crippen MR) is 53.8 cm³/mol. The summed E-state index contributed by atoms with van der Waals surface area (Å²) in [6.45, 7) is 3.94.